The number of piperidine rings is 1. The zero-order valence-corrected chi connectivity index (χ0v) is 14.5. The number of imide groups is 2. The van der Waals surface area contributed by atoms with Crippen LogP contribution >= 0.6 is 0 Å². The van der Waals surface area contributed by atoms with E-state index >= 15 is 0 Å². The van der Waals surface area contributed by atoms with Gasteiger partial charge in [-0.2, -0.15) is 0 Å². The topological polar surface area (TPSA) is 107 Å². The van der Waals surface area contributed by atoms with Gasteiger partial charge in [-0.1, -0.05) is 0 Å². The van der Waals surface area contributed by atoms with Crippen molar-refractivity contribution in [2.24, 2.45) is 0 Å². The number of nitrogens with one attached hydrogen (secondary N) is 1. The van der Waals surface area contributed by atoms with Crippen LogP contribution in [0, 0.1) is 0 Å². The van der Waals surface area contributed by atoms with Gasteiger partial charge < -0.3 is 10.0 Å². The van der Waals surface area contributed by atoms with Crippen molar-refractivity contribution in [3.8, 4) is 0 Å². The second kappa shape index (κ2) is 7.25. The highest BCUT2D eigenvalue weighted by molar-refractivity contribution is 6.23. The van der Waals surface area contributed by atoms with E-state index in [-0.39, 0.29) is 18.7 Å². The summed E-state index contributed by atoms with van der Waals surface area (Å²) >= 11 is 0. The molecule has 0 aliphatic carbocycles. The van der Waals surface area contributed by atoms with E-state index in [1.807, 2.05) is 6.07 Å². The first-order valence-electron chi connectivity index (χ1n) is 8.61. The summed E-state index contributed by atoms with van der Waals surface area (Å²) in [7, 11) is 1.00. The van der Waals surface area contributed by atoms with Gasteiger partial charge in [-0.25, -0.2) is 0 Å². The molecule has 1 unspecified atom stereocenters. The monoisotopic (exact) mass is 359 g/mol. The molecule has 0 aromatic heterocycles. The molecule has 1 atom stereocenters. The zero-order chi connectivity index (χ0) is 18.8. The van der Waals surface area contributed by atoms with E-state index < -0.39 is 23.8 Å². The first kappa shape index (κ1) is 18.1. The van der Waals surface area contributed by atoms with Crippen molar-refractivity contribution in [2.45, 2.75) is 31.7 Å². The van der Waals surface area contributed by atoms with Gasteiger partial charge in [0.15, 0.2) is 0 Å². The molecule has 4 amide bonds. The van der Waals surface area contributed by atoms with Gasteiger partial charge in [0.2, 0.25) is 11.8 Å². The Bertz CT molecular complexity index is 770. The molecule has 0 saturated carbocycles. The highest BCUT2D eigenvalue weighted by Gasteiger charge is 2.44. The van der Waals surface area contributed by atoms with Crippen molar-refractivity contribution >= 4 is 29.3 Å². The smallest absolute Gasteiger partial charge is 0.262 e. The van der Waals surface area contributed by atoms with Crippen LogP contribution in [0.3, 0.4) is 0 Å². The fourth-order valence-electron chi connectivity index (χ4n) is 3.63. The van der Waals surface area contributed by atoms with Gasteiger partial charge in [-0.15, -0.1) is 0 Å². The number of hydrogen-bond acceptors (Lipinski definition) is 6. The van der Waals surface area contributed by atoms with Gasteiger partial charge in [-0.3, -0.25) is 29.4 Å². The molecule has 2 fully saturated rings. The van der Waals surface area contributed by atoms with Gasteiger partial charge in [-0.05, 0) is 37.5 Å². The minimum absolute atomic E-state index is 0.128. The van der Waals surface area contributed by atoms with Gasteiger partial charge in [0.1, 0.15) is 6.04 Å². The number of fused-ring (bicyclic) bond motifs is 1. The van der Waals surface area contributed by atoms with Crippen LogP contribution in [0.25, 0.3) is 0 Å². The summed E-state index contributed by atoms with van der Waals surface area (Å²) in [5.41, 5.74) is 1.60. The molecule has 4 rings (SSSR count). The van der Waals surface area contributed by atoms with Crippen LogP contribution in [0.5, 0.6) is 0 Å². The quantitative estimate of drug-likeness (QED) is 0.736. The van der Waals surface area contributed by atoms with E-state index in [1.54, 1.807) is 12.1 Å². The normalized spacial score (nSPS) is 22.2. The highest BCUT2D eigenvalue weighted by atomic mass is 16.2. The summed E-state index contributed by atoms with van der Waals surface area (Å²) in [4.78, 5) is 51.8. The maximum absolute atomic E-state index is 12.7. The Labute approximate surface area is 150 Å². The van der Waals surface area contributed by atoms with Crippen molar-refractivity contribution in [3.63, 3.8) is 0 Å². The molecular formula is C18H21N3O5. The van der Waals surface area contributed by atoms with Crippen LogP contribution in [0.2, 0.25) is 0 Å². The first-order chi connectivity index (χ1) is 12.6. The number of rotatable bonds is 2. The number of nitrogens with zero attached hydrogens (tertiary/aromatic N) is 2. The zero-order valence-electron chi connectivity index (χ0n) is 14.5. The lowest BCUT2D eigenvalue weighted by Gasteiger charge is -2.27. The number of benzene rings is 1. The Kier molecular flexibility index (Phi) is 5.03. The lowest BCUT2D eigenvalue weighted by molar-refractivity contribution is -0.136. The number of carbonyl (C=O) groups is 4. The van der Waals surface area contributed by atoms with Crippen LogP contribution in [-0.2, 0) is 9.59 Å². The molecule has 26 heavy (non-hydrogen) atoms. The summed E-state index contributed by atoms with van der Waals surface area (Å²) < 4.78 is 0. The fraction of sp³-hybridized carbons (Fsp3) is 0.444. The molecule has 2 saturated heterocycles. The van der Waals surface area contributed by atoms with E-state index in [9.17, 15) is 19.2 Å². The SMILES string of the molecule is CO.O=C1CCC(N2C(=O)c3ccc(N4CCCC4)cc3C2=O)C(=O)N1. The molecule has 138 valence electrons. The molecule has 8 heteroatoms. The molecule has 2 N–H and O–H groups in total. The Hall–Kier alpha value is -2.74. The Morgan fingerprint density at radius 3 is 2.31 bits per heavy atom. The number of aliphatic hydroxyl groups is 1. The second-order valence-electron chi connectivity index (χ2n) is 6.37. The number of hydrogen-bond donors (Lipinski definition) is 2. The minimum atomic E-state index is -0.912. The molecule has 1 aromatic rings. The lowest BCUT2D eigenvalue weighted by Crippen LogP contribution is -2.54. The molecule has 0 bridgehead atoms. The van der Waals surface area contributed by atoms with Crippen LogP contribution in [0.1, 0.15) is 46.4 Å². The molecule has 8 nitrogen and oxygen atoms in total. The maximum Gasteiger partial charge on any atom is 0.262 e. The fourth-order valence-corrected chi connectivity index (χ4v) is 3.63. The predicted molar refractivity (Wildman–Crippen MR) is 92.7 cm³/mol. The van der Waals surface area contributed by atoms with E-state index in [0.29, 0.717) is 11.1 Å². The molecule has 3 heterocycles. The van der Waals surface area contributed by atoms with Crippen LogP contribution in [0.15, 0.2) is 18.2 Å². The van der Waals surface area contributed by atoms with Crippen molar-refractivity contribution in [2.75, 3.05) is 25.1 Å². The Morgan fingerprint density at radius 1 is 1.00 bits per heavy atom. The summed E-state index contributed by atoms with van der Waals surface area (Å²) in [6.45, 7) is 1.88. The molecular weight excluding hydrogens is 338 g/mol. The average Bonchev–Trinajstić information content (AvgIpc) is 3.26. The third-order valence-electron chi connectivity index (χ3n) is 4.89. The maximum atomic E-state index is 12.7. The van der Waals surface area contributed by atoms with Gasteiger partial charge in [0.05, 0.1) is 11.1 Å². The molecule has 3 aliphatic rings. The summed E-state index contributed by atoms with van der Waals surface area (Å²) in [5, 5.41) is 9.20. The van der Waals surface area contributed by atoms with Crippen molar-refractivity contribution < 1.29 is 24.3 Å². The van der Waals surface area contributed by atoms with Gasteiger partial charge in [0.25, 0.3) is 11.8 Å². The van der Waals surface area contributed by atoms with E-state index in [4.69, 9.17) is 5.11 Å². The number of anilines is 1. The standard InChI is InChI=1S/C17H17N3O4.CH4O/c21-14-6-5-13(15(22)18-14)20-16(23)11-4-3-10(9-12(11)17(20)24)19-7-1-2-8-19;1-2/h3-4,9,13H,1-2,5-8H2,(H,18,21,22);2H,1H3. The van der Waals surface area contributed by atoms with Crippen molar-refractivity contribution in [1.82, 2.24) is 10.2 Å². The molecule has 0 spiro atoms. The van der Waals surface area contributed by atoms with Crippen molar-refractivity contribution in [3.05, 3.63) is 29.3 Å². The predicted octanol–water partition coefficient (Wildman–Crippen LogP) is 0.297. The van der Waals surface area contributed by atoms with Crippen LogP contribution in [-0.4, -0.2) is 59.9 Å². The summed E-state index contributed by atoms with van der Waals surface area (Å²) in [6.07, 6.45) is 2.54. The highest BCUT2D eigenvalue weighted by Crippen LogP contribution is 2.31. The van der Waals surface area contributed by atoms with Gasteiger partial charge in [0, 0.05) is 32.3 Å². The molecule has 3 aliphatic heterocycles. The summed E-state index contributed by atoms with van der Waals surface area (Å²) in [5.74, 6) is -1.87. The number of aliphatic hydroxyl groups excluding tert-OH is 1. The summed E-state index contributed by atoms with van der Waals surface area (Å²) in [6, 6.07) is 4.34. The largest absolute Gasteiger partial charge is 0.400 e. The van der Waals surface area contributed by atoms with Crippen LogP contribution in [0.4, 0.5) is 5.69 Å². The Morgan fingerprint density at radius 2 is 1.65 bits per heavy atom. The minimum Gasteiger partial charge on any atom is -0.400 e. The average molecular weight is 359 g/mol. The van der Waals surface area contributed by atoms with E-state index in [0.717, 1.165) is 43.6 Å². The van der Waals surface area contributed by atoms with E-state index in [1.165, 1.54) is 0 Å². The van der Waals surface area contributed by atoms with Gasteiger partial charge >= 0.3 is 0 Å². The van der Waals surface area contributed by atoms with Crippen LogP contribution < -0.4 is 10.2 Å². The third-order valence-corrected chi connectivity index (χ3v) is 4.89. The number of amides is 4. The molecule has 1 aromatic carbocycles. The second-order valence-corrected chi connectivity index (χ2v) is 6.37. The van der Waals surface area contributed by atoms with Crippen molar-refractivity contribution in [1.29, 1.82) is 0 Å². The lowest BCUT2D eigenvalue weighted by atomic mass is 10.0. The molecule has 0 radical (unpaired) electrons. The first-order valence-corrected chi connectivity index (χ1v) is 8.61. The third kappa shape index (κ3) is 2.96. The van der Waals surface area contributed by atoms with E-state index in [2.05, 4.69) is 10.2 Å². The Balaban J connectivity index is 0.000000948. The number of carbonyl (C=O) groups excluding carboxylic acids is 4.